The topological polar surface area (TPSA) is 26.3 Å². The Morgan fingerprint density at radius 2 is 1.89 bits per heavy atom. The van der Waals surface area contributed by atoms with Gasteiger partial charge in [0.05, 0.1) is 7.11 Å². The minimum atomic E-state index is -0.0776. The monoisotopic (exact) mass is 236 g/mol. The molecule has 0 aromatic heterocycles. The number of carbonyl (C=O) groups is 1. The van der Waals surface area contributed by atoms with Gasteiger partial charge in [0.25, 0.3) is 0 Å². The molecule has 2 aromatic rings. The summed E-state index contributed by atoms with van der Waals surface area (Å²) in [4.78, 5) is 12.3. The molecule has 2 aromatic carbocycles. The van der Waals surface area contributed by atoms with Crippen molar-refractivity contribution in [1.29, 1.82) is 0 Å². The molecule has 2 rings (SSSR count). The van der Waals surface area contributed by atoms with Gasteiger partial charge in [-0.15, -0.1) is 6.42 Å². The molecule has 0 saturated heterocycles. The number of methoxy groups -OCH3 is 1. The average Bonchev–Trinajstić information content (AvgIpc) is 2.46. The third-order valence-electron chi connectivity index (χ3n) is 2.66. The van der Waals surface area contributed by atoms with E-state index < -0.39 is 0 Å². The van der Waals surface area contributed by atoms with E-state index in [1.165, 1.54) is 0 Å². The predicted molar refractivity (Wildman–Crippen MR) is 70.8 cm³/mol. The molecule has 2 heteroatoms. The van der Waals surface area contributed by atoms with Gasteiger partial charge in [-0.2, -0.15) is 0 Å². The zero-order valence-electron chi connectivity index (χ0n) is 10.0. The molecular formula is C16H12O2. The highest BCUT2D eigenvalue weighted by atomic mass is 16.5. The summed E-state index contributed by atoms with van der Waals surface area (Å²) in [5.74, 6) is 3.09. The summed E-state index contributed by atoms with van der Waals surface area (Å²) < 4.78 is 5.09. The molecular weight excluding hydrogens is 224 g/mol. The van der Waals surface area contributed by atoms with Gasteiger partial charge < -0.3 is 4.74 Å². The fourth-order valence-corrected chi connectivity index (χ4v) is 1.71. The predicted octanol–water partition coefficient (Wildman–Crippen LogP) is 2.91. The summed E-state index contributed by atoms with van der Waals surface area (Å²) in [5.41, 5.74) is 1.69. The Kier molecular flexibility index (Phi) is 3.45. The Bertz CT molecular complexity index is 607. The highest BCUT2D eigenvalue weighted by molar-refractivity contribution is 6.10. The van der Waals surface area contributed by atoms with Crippen molar-refractivity contribution < 1.29 is 9.53 Å². The normalized spacial score (nSPS) is 9.56. The molecule has 0 aliphatic heterocycles. The smallest absolute Gasteiger partial charge is 0.194 e. The quantitative estimate of drug-likeness (QED) is 0.605. The van der Waals surface area contributed by atoms with Crippen LogP contribution in [0.15, 0.2) is 48.5 Å². The zero-order chi connectivity index (χ0) is 13.0. The summed E-state index contributed by atoms with van der Waals surface area (Å²) in [5, 5.41) is 0. The summed E-state index contributed by atoms with van der Waals surface area (Å²) in [7, 11) is 1.56. The summed E-state index contributed by atoms with van der Waals surface area (Å²) >= 11 is 0. The van der Waals surface area contributed by atoms with E-state index in [0.29, 0.717) is 22.4 Å². The lowest BCUT2D eigenvalue weighted by atomic mass is 9.98. The van der Waals surface area contributed by atoms with Crippen LogP contribution in [0.4, 0.5) is 0 Å². The Balaban J connectivity index is 2.46. The van der Waals surface area contributed by atoms with Crippen LogP contribution >= 0.6 is 0 Å². The third-order valence-corrected chi connectivity index (χ3v) is 2.66. The molecule has 0 bridgehead atoms. The van der Waals surface area contributed by atoms with Crippen LogP contribution in [-0.2, 0) is 0 Å². The molecule has 0 aliphatic rings. The van der Waals surface area contributed by atoms with E-state index in [4.69, 9.17) is 11.2 Å². The van der Waals surface area contributed by atoms with Crippen LogP contribution in [0.2, 0.25) is 0 Å². The summed E-state index contributed by atoms with van der Waals surface area (Å²) in [6.07, 6.45) is 5.43. The van der Waals surface area contributed by atoms with E-state index in [0.717, 1.165) is 0 Å². The Labute approximate surface area is 106 Å². The maximum absolute atomic E-state index is 12.3. The lowest BCUT2D eigenvalue weighted by molar-refractivity contribution is 0.103. The van der Waals surface area contributed by atoms with Crippen molar-refractivity contribution in [2.45, 2.75) is 0 Å². The van der Waals surface area contributed by atoms with E-state index in [9.17, 15) is 4.79 Å². The molecule has 88 valence electrons. The molecule has 0 atom stereocenters. The first-order valence-electron chi connectivity index (χ1n) is 5.50. The van der Waals surface area contributed by atoms with Gasteiger partial charge in [-0.05, 0) is 18.2 Å². The van der Waals surface area contributed by atoms with E-state index in [1.807, 2.05) is 18.2 Å². The molecule has 0 amide bonds. The summed E-state index contributed by atoms with van der Waals surface area (Å²) in [6, 6.07) is 14.2. The van der Waals surface area contributed by atoms with Crippen LogP contribution in [0.1, 0.15) is 21.5 Å². The van der Waals surface area contributed by atoms with E-state index in [-0.39, 0.29) is 5.78 Å². The highest BCUT2D eigenvalue weighted by Gasteiger charge is 2.12. The van der Waals surface area contributed by atoms with Crippen molar-refractivity contribution in [1.82, 2.24) is 0 Å². The second kappa shape index (κ2) is 5.20. The minimum absolute atomic E-state index is 0.0776. The van der Waals surface area contributed by atoms with Crippen molar-refractivity contribution in [3.05, 3.63) is 65.2 Å². The van der Waals surface area contributed by atoms with Gasteiger partial charge in [0.15, 0.2) is 5.78 Å². The second-order valence-electron chi connectivity index (χ2n) is 3.75. The lowest BCUT2D eigenvalue weighted by Crippen LogP contribution is -2.04. The Morgan fingerprint density at radius 3 is 2.50 bits per heavy atom. The van der Waals surface area contributed by atoms with Gasteiger partial charge in [-0.1, -0.05) is 36.3 Å². The molecule has 0 spiro atoms. The molecule has 0 N–H and O–H groups in total. The van der Waals surface area contributed by atoms with Crippen LogP contribution in [0.25, 0.3) is 0 Å². The molecule has 0 heterocycles. The fourth-order valence-electron chi connectivity index (χ4n) is 1.71. The van der Waals surface area contributed by atoms with Crippen molar-refractivity contribution in [2.75, 3.05) is 7.11 Å². The molecule has 0 radical (unpaired) electrons. The number of terminal acetylenes is 1. The molecule has 0 fully saturated rings. The van der Waals surface area contributed by atoms with Crippen LogP contribution in [0, 0.1) is 12.3 Å². The van der Waals surface area contributed by atoms with Crippen molar-refractivity contribution >= 4 is 5.78 Å². The van der Waals surface area contributed by atoms with Crippen molar-refractivity contribution in [3.63, 3.8) is 0 Å². The van der Waals surface area contributed by atoms with Crippen molar-refractivity contribution in [2.24, 2.45) is 0 Å². The Morgan fingerprint density at radius 1 is 1.17 bits per heavy atom. The Hall–Kier alpha value is -2.53. The standard InChI is InChI=1S/C16H12O2/c1-3-12-11-14(18-2)9-10-15(12)16(17)13-7-5-4-6-8-13/h1,4-11H,2H3. The van der Waals surface area contributed by atoms with E-state index in [2.05, 4.69) is 5.92 Å². The highest BCUT2D eigenvalue weighted by Crippen LogP contribution is 2.19. The van der Waals surface area contributed by atoms with Crippen LogP contribution in [-0.4, -0.2) is 12.9 Å². The van der Waals surface area contributed by atoms with Crippen molar-refractivity contribution in [3.8, 4) is 18.1 Å². The number of ether oxygens (including phenoxy) is 1. The fraction of sp³-hybridized carbons (Fsp3) is 0.0625. The zero-order valence-corrected chi connectivity index (χ0v) is 10.0. The second-order valence-corrected chi connectivity index (χ2v) is 3.75. The maximum Gasteiger partial charge on any atom is 0.194 e. The lowest BCUT2D eigenvalue weighted by Gasteiger charge is -2.06. The molecule has 2 nitrogen and oxygen atoms in total. The molecule has 0 aliphatic carbocycles. The SMILES string of the molecule is C#Cc1cc(OC)ccc1C(=O)c1ccccc1. The van der Waals surface area contributed by atoms with Gasteiger partial charge >= 0.3 is 0 Å². The molecule has 0 unspecified atom stereocenters. The van der Waals surface area contributed by atoms with Gasteiger partial charge in [0.1, 0.15) is 5.75 Å². The van der Waals surface area contributed by atoms with Crippen LogP contribution in [0.3, 0.4) is 0 Å². The number of hydrogen-bond acceptors (Lipinski definition) is 2. The molecule has 0 saturated carbocycles. The largest absolute Gasteiger partial charge is 0.497 e. The van der Waals surface area contributed by atoms with E-state index in [1.54, 1.807) is 37.4 Å². The summed E-state index contributed by atoms with van der Waals surface area (Å²) in [6.45, 7) is 0. The van der Waals surface area contributed by atoms with E-state index >= 15 is 0 Å². The first-order valence-corrected chi connectivity index (χ1v) is 5.50. The first kappa shape index (κ1) is 11.9. The number of ketones is 1. The van der Waals surface area contributed by atoms with Gasteiger partial charge in [0, 0.05) is 16.7 Å². The van der Waals surface area contributed by atoms with Gasteiger partial charge in [-0.3, -0.25) is 4.79 Å². The minimum Gasteiger partial charge on any atom is -0.497 e. The van der Waals surface area contributed by atoms with Crippen LogP contribution in [0.5, 0.6) is 5.75 Å². The average molecular weight is 236 g/mol. The number of rotatable bonds is 3. The van der Waals surface area contributed by atoms with Gasteiger partial charge in [-0.25, -0.2) is 0 Å². The molecule has 18 heavy (non-hydrogen) atoms. The number of carbonyl (C=O) groups excluding carboxylic acids is 1. The third kappa shape index (κ3) is 2.26. The number of benzene rings is 2. The van der Waals surface area contributed by atoms with Crippen LogP contribution < -0.4 is 4.74 Å². The number of hydrogen-bond donors (Lipinski definition) is 0. The van der Waals surface area contributed by atoms with Gasteiger partial charge in [0.2, 0.25) is 0 Å². The first-order chi connectivity index (χ1) is 8.76. The maximum atomic E-state index is 12.3.